The van der Waals surface area contributed by atoms with Crippen LogP contribution in [0.5, 0.6) is 5.75 Å². The summed E-state index contributed by atoms with van der Waals surface area (Å²) >= 11 is 0. The number of benzene rings is 3. The number of anilines is 5. The molecule has 0 fully saturated rings. The van der Waals surface area contributed by atoms with Crippen molar-refractivity contribution in [1.82, 2.24) is 24.7 Å². The number of hydrogen-bond acceptors (Lipinski definition) is 9. The number of pyridine rings is 1. The van der Waals surface area contributed by atoms with Gasteiger partial charge in [0, 0.05) is 35.6 Å². The van der Waals surface area contributed by atoms with Crippen LogP contribution in [0, 0.1) is 0 Å². The standard InChI is InChI=1S/C37H37N9O4/c1-37(2,3)30-19-34(46(45-30)25-10-6-5-7-11-25)44-36(48)40-28-14-15-29(27-13-9-8-12-26(27)28)50-22-24-16-17-39-31(18-24)41-32-20-38-21-33(42-32)43-35(47)23-49-4/h5-21H,22-23H2,1-4H3,(H2,40,44,48)(H2,39,41,42,43,47). The van der Waals surface area contributed by atoms with E-state index in [1.165, 1.54) is 19.5 Å². The van der Waals surface area contributed by atoms with Gasteiger partial charge in [0.15, 0.2) is 11.6 Å². The highest BCUT2D eigenvalue weighted by Gasteiger charge is 2.22. The molecule has 3 aromatic heterocycles. The summed E-state index contributed by atoms with van der Waals surface area (Å²) in [4.78, 5) is 38.1. The second kappa shape index (κ2) is 14.8. The number of amides is 3. The SMILES string of the molecule is COCC(=O)Nc1cncc(Nc2cc(COc3ccc(NC(=O)Nc4cc(C(C)(C)C)nn4-c4ccccc4)c4ccccc34)ccn2)n1. The topological polar surface area (TPSA) is 157 Å². The Balaban J connectivity index is 1.15. The number of para-hydroxylation sites is 1. The van der Waals surface area contributed by atoms with Gasteiger partial charge in [0.1, 0.15) is 30.6 Å². The molecule has 6 rings (SSSR count). The normalized spacial score (nSPS) is 11.2. The van der Waals surface area contributed by atoms with Crippen molar-refractivity contribution in [1.29, 1.82) is 0 Å². The van der Waals surface area contributed by atoms with Gasteiger partial charge in [-0.3, -0.25) is 15.1 Å². The molecule has 13 nitrogen and oxygen atoms in total. The van der Waals surface area contributed by atoms with Gasteiger partial charge in [-0.2, -0.15) is 5.10 Å². The summed E-state index contributed by atoms with van der Waals surface area (Å²) in [6, 6.07) is 26.3. The summed E-state index contributed by atoms with van der Waals surface area (Å²) in [6.07, 6.45) is 4.63. The zero-order valence-electron chi connectivity index (χ0n) is 28.1. The predicted octanol–water partition coefficient (Wildman–Crippen LogP) is 7.06. The first kappa shape index (κ1) is 33.6. The van der Waals surface area contributed by atoms with E-state index in [9.17, 15) is 9.59 Å². The fourth-order valence-electron chi connectivity index (χ4n) is 5.10. The van der Waals surface area contributed by atoms with Gasteiger partial charge in [-0.05, 0) is 42.0 Å². The van der Waals surface area contributed by atoms with E-state index in [4.69, 9.17) is 14.6 Å². The van der Waals surface area contributed by atoms with Crippen molar-refractivity contribution in [2.24, 2.45) is 0 Å². The smallest absolute Gasteiger partial charge is 0.324 e. The molecule has 6 aromatic rings. The third-order valence-electron chi connectivity index (χ3n) is 7.50. The van der Waals surface area contributed by atoms with E-state index in [2.05, 4.69) is 57.0 Å². The molecule has 0 saturated carbocycles. The molecule has 13 heteroatoms. The van der Waals surface area contributed by atoms with Crippen molar-refractivity contribution in [2.45, 2.75) is 32.8 Å². The molecule has 0 bridgehead atoms. The fourth-order valence-corrected chi connectivity index (χ4v) is 5.10. The number of nitrogens with zero attached hydrogens (tertiary/aromatic N) is 5. The molecule has 0 aliphatic rings. The summed E-state index contributed by atoms with van der Waals surface area (Å²) in [5.74, 6) is 2.09. The predicted molar refractivity (Wildman–Crippen MR) is 193 cm³/mol. The van der Waals surface area contributed by atoms with Crippen LogP contribution in [0.1, 0.15) is 32.0 Å². The molecule has 0 spiro atoms. The van der Waals surface area contributed by atoms with Gasteiger partial charge >= 0.3 is 6.03 Å². The van der Waals surface area contributed by atoms with Crippen molar-refractivity contribution in [3.05, 3.63) is 115 Å². The minimum atomic E-state index is -0.397. The van der Waals surface area contributed by atoms with Crippen LogP contribution in [0.3, 0.4) is 0 Å². The van der Waals surface area contributed by atoms with Gasteiger partial charge in [-0.25, -0.2) is 19.4 Å². The second-order valence-electron chi connectivity index (χ2n) is 12.4. The molecule has 3 amide bonds. The molecule has 0 aliphatic carbocycles. The lowest BCUT2D eigenvalue weighted by atomic mass is 9.92. The van der Waals surface area contributed by atoms with Crippen LogP contribution >= 0.6 is 0 Å². The number of nitrogens with one attached hydrogen (secondary N) is 4. The quantitative estimate of drug-likeness (QED) is 0.113. The van der Waals surface area contributed by atoms with Crippen LogP contribution in [0.4, 0.5) is 33.8 Å². The number of urea groups is 1. The largest absolute Gasteiger partial charge is 0.488 e. The number of carbonyl (C=O) groups excluding carboxylic acids is 2. The van der Waals surface area contributed by atoms with E-state index in [0.717, 1.165) is 27.7 Å². The summed E-state index contributed by atoms with van der Waals surface area (Å²) < 4.78 is 12.8. The van der Waals surface area contributed by atoms with Crippen LogP contribution in [0.15, 0.2) is 104 Å². The molecule has 0 saturated heterocycles. The number of hydrogen-bond donors (Lipinski definition) is 4. The Kier molecular flexibility index (Phi) is 9.95. The molecule has 3 aromatic carbocycles. The van der Waals surface area contributed by atoms with Crippen molar-refractivity contribution >= 4 is 51.7 Å². The van der Waals surface area contributed by atoms with E-state index in [1.807, 2.05) is 84.9 Å². The van der Waals surface area contributed by atoms with E-state index in [0.29, 0.717) is 28.9 Å². The summed E-state index contributed by atoms with van der Waals surface area (Å²) in [6.45, 7) is 6.41. The number of fused-ring (bicyclic) bond motifs is 1. The number of carbonyl (C=O) groups is 2. The summed E-state index contributed by atoms with van der Waals surface area (Å²) in [5, 5.41) is 18.2. The maximum absolute atomic E-state index is 13.4. The average Bonchev–Trinajstić information content (AvgIpc) is 3.53. The van der Waals surface area contributed by atoms with Gasteiger partial charge in [0.05, 0.1) is 29.5 Å². The van der Waals surface area contributed by atoms with Crippen LogP contribution < -0.4 is 26.0 Å². The lowest BCUT2D eigenvalue weighted by Gasteiger charge is -2.15. The molecule has 3 heterocycles. The summed E-state index contributed by atoms with van der Waals surface area (Å²) in [7, 11) is 1.44. The van der Waals surface area contributed by atoms with Crippen molar-refractivity contribution in [3.63, 3.8) is 0 Å². The number of aromatic nitrogens is 5. The highest BCUT2D eigenvalue weighted by Crippen LogP contribution is 2.33. The first-order valence-corrected chi connectivity index (χ1v) is 15.9. The number of ether oxygens (including phenoxy) is 2. The second-order valence-corrected chi connectivity index (χ2v) is 12.4. The van der Waals surface area contributed by atoms with Gasteiger partial charge in [0.25, 0.3) is 5.91 Å². The lowest BCUT2D eigenvalue weighted by Crippen LogP contribution is -2.21. The molecular formula is C37H37N9O4. The van der Waals surface area contributed by atoms with Gasteiger partial charge in [0.2, 0.25) is 0 Å². The molecule has 0 unspecified atom stereocenters. The molecule has 0 aliphatic heterocycles. The zero-order chi connectivity index (χ0) is 35.1. The Hall–Kier alpha value is -6.34. The zero-order valence-corrected chi connectivity index (χ0v) is 28.1. The minimum Gasteiger partial charge on any atom is -0.488 e. The Morgan fingerprint density at radius 3 is 2.36 bits per heavy atom. The van der Waals surface area contributed by atoms with Crippen molar-refractivity contribution in [2.75, 3.05) is 35.0 Å². The van der Waals surface area contributed by atoms with E-state index < -0.39 is 6.03 Å². The number of rotatable bonds is 11. The van der Waals surface area contributed by atoms with E-state index in [1.54, 1.807) is 10.9 Å². The van der Waals surface area contributed by atoms with Gasteiger partial charge in [-0.15, -0.1) is 0 Å². The molecule has 0 atom stereocenters. The highest BCUT2D eigenvalue weighted by atomic mass is 16.5. The first-order valence-electron chi connectivity index (χ1n) is 15.9. The third-order valence-corrected chi connectivity index (χ3v) is 7.50. The fraction of sp³-hybridized carbons (Fsp3) is 0.189. The van der Waals surface area contributed by atoms with E-state index in [-0.39, 0.29) is 30.4 Å². The average molecular weight is 672 g/mol. The van der Waals surface area contributed by atoms with Gasteiger partial charge < -0.3 is 25.4 Å². The highest BCUT2D eigenvalue weighted by molar-refractivity contribution is 6.07. The maximum atomic E-state index is 13.4. The Bertz CT molecular complexity index is 2130. The van der Waals surface area contributed by atoms with Crippen molar-refractivity contribution < 1.29 is 19.1 Å². The van der Waals surface area contributed by atoms with Crippen LogP contribution in [0.25, 0.3) is 16.5 Å². The maximum Gasteiger partial charge on any atom is 0.324 e. The minimum absolute atomic E-state index is 0.0896. The van der Waals surface area contributed by atoms with Crippen LogP contribution in [-0.4, -0.2) is 50.4 Å². The number of methoxy groups -OCH3 is 1. The van der Waals surface area contributed by atoms with Gasteiger partial charge in [-0.1, -0.05) is 63.2 Å². The Morgan fingerprint density at radius 2 is 1.58 bits per heavy atom. The monoisotopic (exact) mass is 671 g/mol. The third kappa shape index (κ3) is 8.20. The molecule has 50 heavy (non-hydrogen) atoms. The lowest BCUT2D eigenvalue weighted by molar-refractivity contribution is -0.119. The molecule has 254 valence electrons. The molecular weight excluding hydrogens is 634 g/mol. The molecule has 0 radical (unpaired) electrons. The summed E-state index contributed by atoms with van der Waals surface area (Å²) in [5.41, 5.74) is 2.97. The molecule has 4 N–H and O–H groups in total. The van der Waals surface area contributed by atoms with Crippen molar-refractivity contribution in [3.8, 4) is 11.4 Å². The Morgan fingerprint density at radius 1 is 0.820 bits per heavy atom. The van der Waals surface area contributed by atoms with Crippen LogP contribution in [0.2, 0.25) is 0 Å². The van der Waals surface area contributed by atoms with E-state index >= 15 is 0 Å². The first-order chi connectivity index (χ1) is 24.2. The Labute approximate surface area is 289 Å². The van der Waals surface area contributed by atoms with Crippen LogP contribution in [-0.2, 0) is 21.6 Å².